The average molecular weight is 260 g/mol. The number of hydrogen-bond donors (Lipinski definition) is 1. The van der Waals surface area contributed by atoms with Gasteiger partial charge in [0.05, 0.1) is 5.69 Å². The van der Waals surface area contributed by atoms with Crippen LogP contribution in [0.5, 0.6) is 0 Å². The van der Waals surface area contributed by atoms with Crippen molar-refractivity contribution in [2.24, 2.45) is 0 Å². The van der Waals surface area contributed by atoms with E-state index in [1.165, 1.54) is 6.33 Å². The fourth-order valence-corrected chi connectivity index (χ4v) is 1.92. The number of anilines is 1. The van der Waals surface area contributed by atoms with Crippen LogP contribution in [0.25, 0.3) is 11.2 Å². The predicted molar refractivity (Wildman–Crippen MR) is 70.5 cm³/mol. The Morgan fingerprint density at radius 2 is 1.94 bits per heavy atom. The van der Waals surface area contributed by atoms with Gasteiger partial charge in [-0.05, 0) is 19.1 Å². The van der Waals surface area contributed by atoms with Crippen LogP contribution in [-0.4, -0.2) is 19.6 Å². The Kier molecular flexibility index (Phi) is 2.60. The summed E-state index contributed by atoms with van der Waals surface area (Å²) in [6.07, 6.45) is 1.43. The molecule has 0 saturated heterocycles. The molecule has 0 aliphatic carbocycles. The summed E-state index contributed by atoms with van der Waals surface area (Å²) in [4.78, 5) is 12.5. The van der Waals surface area contributed by atoms with Crippen LogP contribution in [0.1, 0.15) is 5.82 Å². The van der Waals surface area contributed by atoms with Crippen molar-refractivity contribution in [3.63, 3.8) is 0 Å². The molecule has 0 aliphatic rings. The molecule has 1 N–H and O–H groups in total. The van der Waals surface area contributed by atoms with Gasteiger partial charge >= 0.3 is 0 Å². The van der Waals surface area contributed by atoms with Crippen LogP contribution in [0.2, 0.25) is 5.15 Å². The summed E-state index contributed by atoms with van der Waals surface area (Å²) in [5.41, 5.74) is 5.44. The largest absolute Gasteiger partial charge is 0.291 e. The number of hydrogen-bond acceptors (Lipinski definition) is 4. The SMILES string of the molecule is Cc1nc2c(Cl)ncnc2n1Nc1ccccc1. The van der Waals surface area contributed by atoms with E-state index in [4.69, 9.17) is 11.6 Å². The van der Waals surface area contributed by atoms with E-state index in [0.717, 1.165) is 11.5 Å². The molecule has 0 unspecified atom stereocenters. The third kappa shape index (κ3) is 1.78. The summed E-state index contributed by atoms with van der Waals surface area (Å²) in [7, 11) is 0. The van der Waals surface area contributed by atoms with E-state index in [0.29, 0.717) is 16.3 Å². The molecule has 6 heteroatoms. The van der Waals surface area contributed by atoms with Gasteiger partial charge in [-0.3, -0.25) is 5.43 Å². The Hall–Kier alpha value is -2.14. The van der Waals surface area contributed by atoms with E-state index in [1.807, 2.05) is 37.3 Å². The van der Waals surface area contributed by atoms with Gasteiger partial charge in [-0.25, -0.2) is 19.6 Å². The minimum Gasteiger partial charge on any atom is -0.291 e. The first-order valence-corrected chi connectivity index (χ1v) is 5.81. The molecule has 0 fully saturated rings. The van der Waals surface area contributed by atoms with Crippen molar-refractivity contribution in [3.8, 4) is 0 Å². The lowest BCUT2D eigenvalue weighted by molar-refractivity contribution is 0.908. The Morgan fingerprint density at radius 3 is 2.72 bits per heavy atom. The van der Waals surface area contributed by atoms with Crippen LogP contribution in [0.3, 0.4) is 0 Å². The number of halogens is 1. The molecule has 0 bridgehead atoms. The molecule has 0 aliphatic heterocycles. The molecule has 0 amide bonds. The molecule has 0 saturated carbocycles. The van der Waals surface area contributed by atoms with Gasteiger partial charge < -0.3 is 0 Å². The van der Waals surface area contributed by atoms with E-state index in [9.17, 15) is 0 Å². The second kappa shape index (κ2) is 4.27. The molecule has 3 aromatic rings. The van der Waals surface area contributed by atoms with Crippen molar-refractivity contribution in [2.75, 3.05) is 5.43 Å². The zero-order chi connectivity index (χ0) is 12.5. The minimum absolute atomic E-state index is 0.358. The Bertz CT molecular complexity index is 692. The molecule has 0 spiro atoms. The smallest absolute Gasteiger partial charge is 0.184 e. The molecule has 2 aromatic heterocycles. The lowest BCUT2D eigenvalue weighted by atomic mass is 10.3. The van der Waals surface area contributed by atoms with Crippen LogP contribution in [0, 0.1) is 6.92 Å². The molecule has 2 heterocycles. The first-order chi connectivity index (χ1) is 8.75. The second-order valence-electron chi connectivity index (χ2n) is 3.81. The number of benzene rings is 1. The van der Waals surface area contributed by atoms with Gasteiger partial charge in [0.2, 0.25) is 0 Å². The van der Waals surface area contributed by atoms with Gasteiger partial charge in [-0.15, -0.1) is 0 Å². The predicted octanol–water partition coefficient (Wildman–Crippen LogP) is 2.66. The highest BCUT2D eigenvalue weighted by Gasteiger charge is 2.12. The van der Waals surface area contributed by atoms with Crippen LogP contribution in [0.15, 0.2) is 36.7 Å². The summed E-state index contributed by atoms with van der Waals surface area (Å²) in [6.45, 7) is 1.88. The fraction of sp³-hybridized carbons (Fsp3) is 0.0833. The third-order valence-corrected chi connectivity index (χ3v) is 2.86. The Labute approximate surface area is 108 Å². The van der Waals surface area contributed by atoms with Crippen LogP contribution < -0.4 is 5.43 Å². The number of aromatic nitrogens is 4. The molecule has 3 rings (SSSR count). The van der Waals surface area contributed by atoms with E-state index in [2.05, 4.69) is 20.4 Å². The normalized spacial score (nSPS) is 10.8. The lowest BCUT2D eigenvalue weighted by Crippen LogP contribution is -2.11. The van der Waals surface area contributed by atoms with Crippen LogP contribution in [0.4, 0.5) is 5.69 Å². The summed E-state index contributed by atoms with van der Waals surface area (Å²) in [5.74, 6) is 0.774. The zero-order valence-electron chi connectivity index (χ0n) is 9.63. The highest BCUT2D eigenvalue weighted by molar-refractivity contribution is 6.33. The summed E-state index contributed by atoms with van der Waals surface area (Å²) >= 11 is 5.99. The second-order valence-corrected chi connectivity index (χ2v) is 4.17. The molecule has 90 valence electrons. The minimum atomic E-state index is 0.358. The standard InChI is InChI=1S/C12H10ClN5/c1-8-16-10-11(13)14-7-15-12(10)18(8)17-9-5-3-2-4-6-9/h2-7,17H,1H3. The number of rotatable bonds is 2. The van der Waals surface area contributed by atoms with Gasteiger partial charge in [0.25, 0.3) is 0 Å². The molecule has 5 nitrogen and oxygen atoms in total. The highest BCUT2D eigenvalue weighted by atomic mass is 35.5. The Balaban J connectivity index is 2.12. The lowest BCUT2D eigenvalue weighted by Gasteiger charge is -2.09. The number of para-hydroxylation sites is 1. The number of fused-ring (bicyclic) bond motifs is 1. The van der Waals surface area contributed by atoms with Crippen molar-refractivity contribution in [3.05, 3.63) is 47.6 Å². The number of imidazole rings is 1. The maximum Gasteiger partial charge on any atom is 0.184 e. The number of aryl methyl sites for hydroxylation is 1. The van der Waals surface area contributed by atoms with Crippen molar-refractivity contribution in [2.45, 2.75) is 6.92 Å². The van der Waals surface area contributed by atoms with Gasteiger partial charge in [0.15, 0.2) is 10.8 Å². The molecular weight excluding hydrogens is 250 g/mol. The quantitative estimate of drug-likeness (QED) is 0.719. The summed E-state index contributed by atoms with van der Waals surface area (Å²) < 4.78 is 1.79. The van der Waals surface area contributed by atoms with Gasteiger partial charge in [-0.2, -0.15) is 0 Å². The van der Waals surface area contributed by atoms with Gasteiger partial charge in [-0.1, -0.05) is 29.8 Å². The van der Waals surface area contributed by atoms with Crippen LogP contribution >= 0.6 is 11.6 Å². The average Bonchev–Trinajstić information content (AvgIpc) is 2.70. The van der Waals surface area contributed by atoms with E-state index in [-0.39, 0.29) is 0 Å². The topological polar surface area (TPSA) is 55.6 Å². The fourth-order valence-electron chi connectivity index (χ4n) is 1.75. The Morgan fingerprint density at radius 1 is 1.17 bits per heavy atom. The summed E-state index contributed by atoms with van der Waals surface area (Å²) in [6, 6.07) is 9.81. The highest BCUT2D eigenvalue weighted by Crippen LogP contribution is 2.19. The number of nitrogens with one attached hydrogen (secondary N) is 1. The van der Waals surface area contributed by atoms with Crippen molar-refractivity contribution < 1.29 is 0 Å². The maximum absolute atomic E-state index is 5.99. The van der Waals surface area contributed by atoms with E-state index < -0.39 is 0 Å². The summed E-state index contributed by atoms with van der Waals surface area (Å²) in [5, 5.41) is 0.358. The zero-order valence-corrected chi connectivity index (χ0v) is 10.4. The molecular formula is C12H10ClN5. The van der Waals surface area contributed by atoms with Crippen LogP contribution in [-0.2, 0) is 0 Å². The first-order valence-electron chi connectivity index (χ1n) is 5.43. The van der Waals surface area contributed by atoms with Gasteiger partial charge in [0.1, 0.15) is 17.7 Å². The van der Waals surface area contributed by atoms with E-state index >= 15 is 0 Å². The van der Waals surface area contributed by atoms with Crippen molar-refractivity contribution in [1.82, 2.24) is 19.6 Å². The third-order valence-electron chi connectivity index (χ3n) is 2.58. The van der Waals surface area contributed by atoms with Crippen molar-refractivity contribution in [1.29, 1.82) is 0 Å². The molecule has 18 heavy (non-hydrogen) atoms. The molecule has 0 atom stereocenters. The maximum atomic E-state index is 5.99. The molecule has 1 aromatic carbocycles. The monoisotopic (exact) mass is 259 g/mol. The van der Waals surface area contributed by atoms with E-state index in [1.54, 1.807) is 4.68 Å². The number of nitrogens with zero attached hydrogens (tertiary/aromatic N) is 4. The van der Waals surface area contributed by atoms with Crippen molar-refractivity contribution >= 4 is 28.5 Å². The first kappa shape index (κ1) is 11.0. The van der Waals surface area contributed by atoms with Gasteiger partial charge in [0, 0.05) is 0 Å². The molecule has 0 radical (unpaired) electrons.